The number of aliphatic carboxylic acids is 1. The van der Waals surface area contributed by atoms with Crippen LogP contribution < -0.4 is 76.8 Å². The van der Waals surface area contributed by atoms with Crippen molar-refractivity contribution in [1.29, 1.82) is 0 Å². The zero-order chi connectivity index (χ0) is 24.2. The van der Waals surface area contributed by atoms with Crippen molar-refractivity contribution in [1.82, 2.24) is 20.6 Å². The molecular weight excluding hydrogens is 461 g/mol. The van der Waals surface area contributed by atoms with Crippen LogP contribution in [0.15, 0.2) is 42.7 Å². The van der Waals surface area contributed by atoms with Crippen molar-refractivity contribution in [3.05, 3.63) is 53.9 Å². The van der Waals surface area contributed by atoms with E-state index in [2.05, 4.69) is 20.6 Å². The van der Waals surface area contributed by atoms with Crippen molar-refractivity contribution >= 4 is 28.7 Å². The van der Waals surface area contributed by atoms with Gasteiger partial charge in [-0.3, -0.25) is 0 Å². The van der Waals surface area contributed by atoms with Gasteiger partial charge in [0.05, 0.1) is 19.1 Å². The van der Waals surface area contributed by atoms with Gasteiger partial charge in [0.1, 0.15) is 11.6 Å². The van der Waals surface area contributed by atoms with E-state index in [1.807, 2.05) is 63.2 Å². The summed E-state index contributed by atoms with van der Waals surface area (Å²) in [4.78, 5) is 33.7. The molecule has 0 spiro atoms. The van der Waals surface area contributed by atoms with E-state index >= 15 is 0 Å². The summed E-state index contributed by atoms with van der Waals surface area (Å²) in [5.74, 6) is 0.145. The smallest absolute Gasteiger partial charge is 0.548 e. The summed E-state index contributed by atoms with van der Waals surface area (Å²) < 4.78 is 5.25. The number of carboxylic acids is 1. The van der Waals surface area contributed by atoms with Gasteiger partial charge in [0, 0.05) is 55.8 Å². The topological polar surface area (TPSA) is 122 Å². The minimum Gasteiger partial charge on any atom is -0.548 e. The Bertz CT molecular complexity index is 1130. The number of amides is 2. The largest absolute Gasteiger partial charge is 1.00 e. The molecule has 3 rings (SSSR count). The maximum absolute atomic E-state index is 12.5. The molecule has 1 atom stereocenters. The second-order valence-corrected chi connectivity index (χ2v) is 8.81. The van der Waals surface area contributed by atoms with Crippen molar-refractivity contribution in [2.24, 2.45) is 0 Å². The van der Waals surface area contributed by atoms with Gasteiger partial charge in [-0.1, -0.05) is 19.9 Å². The molecule has 3 aromatic rings. The molecule has 0 fully saturated rings. The van der Waals surface area contributed by atoms with E-state index in [4.69, 9.17) is 4.74 Å². The Morgan fingerprint density at radius 1 is 1.24 bits per heavy atom. The second kappa shape index (κ2) is 12.0. The van der Waals surface area contributed by atoms with Crippen LogP contribution in [0.25, 0.3) is 10.9 Å². The van der Waals surface area contributed by atoms with E-state index in [1.165, 1.54) is 0 Å². The van der Waals surface area contributed by atoms with E-state index in [-0.39, 0.29) is 57.8 Å². The number of pyridine rings is 1. The van der Waals surface area contributed by atoms with Crippen LogP contribution in [-0.4, -0.2) is 55.8 Å². The van der Waals surface area contributed by atoms with Crippen LogP contribution >= 0.6 is 0 Å². The molecule has 176 valence electrons. The Hall–Kier alpha value is -2.11. The van der Waals surface area contributed by atoms with E-state index < -0.39 is 23.5 Å². The zero-order valence-electron chi connectivity index (χ0n) is 20.6. The summed E-state index contributed by atoms with van der Waals surface area (Å²) in [6.45, 7) is 4.26. The van der Waals surface area contributed by atoms with E-state index in [0.717, 1.165) is 27.8 Å². The average Bonchev–Trinajstić information content (AvgIpc) is 3.19. The molecule has 0 aliphatic rings. The summed E-state index contributed by atoms with van der Waals surface area (Å²) >= 11 is 0. The predicted molar refractivity (Wildman–Crippen MR) is 125 cm³/mol. The third-order valence-electron chi connectivity index (χ3n) is 5.67. The number of aromatic amines is 1. The predicted octanol–water partition coefficient (Wildman–Crippen LogP) is -1.42. The summed E-state index contributed by atoms with van der Waals surface area (Å²) in [5, 5.41) is 17.8. The number of urea groups is 1. The number of fused-ring (bicyclic) bond motifs is 1. The van der Waals surface area contributed by atoms with Gasteiger partial charge >= 0.3 is 57.4 Å². The molecule has 9 nitrogen and oxygen atoms in total. The van der Waals surface area contributed by atoms with E-state index in [1.54, 1.807) is 19.5 Å². The second-order valence-electron chi connectivity index (χ2n) is 8.81. The van der Waals surface area contributed by atoms with Gasteiger partial charge in [-0.05, 0) is 35.4 Å². The number of H-pyrrole nitrogens is 1. The van der Waals surface area contributed by atoms with Gasteiger partial charge in [-0.2, -0.15) is 0 Å². The number of nitrogens with zero attached hydrogens (tertiary/aromatic N) is 2. The van der Waals surface area contributed by atoms with Gasteiger partial charge in [0.25, 0.3) is 0 Å². The Kier molecular flexibility index (Phi) is 9.95. The molecule has 2 amide bonds. The third kappa shape index (κ3) is 6.95. The van der Waals surface area contributed by atoms with Crippen molar-refractivity contribution < 1.29 is 70.8 Å². The fourth-order valence-corrected chi connectivity index (χ4v) is 3.53. The summed E-state index contributed by atoms with van der Waals surface area (Å²) in [7, 11) is 5.40. The number of aromatic nitrogens is 2. The molecule has 0 aliphatic carbocycles. The number of ether oxygens (including phenoxy) is 1. The number of carbonyl (C=O) groups excluding carboxylic acids is 2. The van der Waals surface area contributed by atoms with Crippen LogP contribution in [0.3, 0.4) is 0 Å². The molecule has 1 aromatic carbocycles. The number of hydrogen-bond donors (Lipinski definition) is 3. The number of rotatable bonds is 9. The number of carboxylic acid groups (broad SMARTS) is 1. The summed E-state index contributed by atoms with van der Waals surface area (Å²) in [6, 6.07) is 7.61. The van der Waals surface area contributed by atoms with E-state index in [9.17, 15) is 14.7 Å². The quantitative estimate of drug-likeness (QED) is 0.316. The minimum atomic E-state index is -1.36. The minimum absolute atomic E-state index is 0. The first-order valence-corrected chi connectivity index (χ1v) is 10.6. The van der Waals surface area contributed by atoms with Crippen molar-refractivity contribution in [2.75, 3.05) is 32.6 Å². The number of hydrogen-bond acceptors (Lipinski definition) is 6. The van der Waals surface area contributed by atoms with Crippen LogP contribution in [-0.2, 0) is 16.6 Å². The maximum Gasteiger partial charge on any atom is 1.00 e. The molecule has 0 bridgehead atoms. The first kappa shape index (κ1) is 28.1. The number of carbonyl (C=O) groups is 2. The maximum atomic E-state index is 12.5. The van der Waals surface area contributed by atoms with E-state index in [0.29, 0.717) is 12.3 Å². The average molecular weight is 492 g/mol. The van der Waals surface area contributed by atoms with Gasteiger partial charge < -0.3 is 35.2 Å². The van der Waals surface area contributed by atoms with Crippen molar-refractivity contribution in [3.63, 3.8) is 0 Å². The number of methoxy groups -OCH3 is 1. The molecule has 3 N–H and O–H groups in total. The summed E-state index contributed by atoms with van der Waals surface area (Å²) in [5.41, 5.74) is 2.14. The molecule has 0 saturated heterocycles. The van der Waals surface area contributed by atoms with Crippen LogP contribution in [0.5, 0.6) is 5.75 Å². The fraction of sp³-hybridized carbons (Fsp3) is 0.375. The molecule has 34 heavy (non-hydrogen) atoms. The molecule has 0 radical (unpaired) electrons. The first-order valence-electron chi connectivity index (χ1n) is 10.6. The van der Waals surface area contributed by atoms with Crippen molar-refractivity contribution in [2.45, 2.75) is 31.7 Å². The fourth-order valence-electron chi connectivity index (χ4n) is 3.53. The molecule has 10 heteroatoms. The third-order valence-corrected chi connectivity index (χ3v) is 5.67. The van der Waals surface area contributed by atoms with Crippen LogP contribution in [0.4, 0.5) is 10.6 Å². The standard InChI is InChI=1S/C24H31N5O4.K/c1-24(2,16-6-9-21(26-13-16)29(3)4)14-27-23(32)28-20(22(30)31)10-15-12-25-19-8-7-17(33-5)11-18(15)19;/h6-9,11-13,20,25H,10,14H2,1-5H3,(H,30,31)(H2,27,28,32);/q;+1/p-1. The molecule has 2 heterocycles. The Morgan fingerprint density at radius 2 is 1.97 bits per heavy atom. The number of nitrogens with one attached hydrogen (secondary N) is 3. The van der Waals surface area contributed by atoms with Gasteiger partial charge in [0.15, 0.2) is 0 Å². The van der Waals surface area contributed by atoms with Gasteiger partial charge in [-0.25, -0.2) is 9.78 Å². The van der Waals surface area contributed by atoms with Crippen LogP contribution in [0.1, 0.15) is 25.0 Å². The number of benzene rings is 1. The summed E-state index contributed by atoms with van der Waals surface area (Å²) in [6.07, 6.45) is 3.58. The van der Waals surface area contributed by atoms with Crippen LogP contribution in [0.2, 0.25) is 0 Å². The number of anilines is 1. The Labute approximate surface area is 242 Å². The monoisotopic (exact) mass is 491 g/mol. The van der Waals surface area contributed by atoms with Crippen LogP contribution in [0, 0.1) is 0 Å². The SMILES string of the molecule is COc1ccc2[nH]cc(CC(NC(=O)NCC(C)(C)c3ccc(N(C)C)nc3)C(=O)[O-])c2c1.[K+]. The molecule has 1 unspecified atom stereocenters. The van der Waals surface area contributed by atoms with Gasteiger partial charge in [-0.15, -0.1) is 0 Å². The zero-order valence-corrected chi connectivity index (χ0v) is 23.7. The molecule has 0 aliphatic heterocycles. The molecular formula is C24H30KN5O4. The Morgan fingerprint density at radius 3 is 2.56 bits per heavy atom. The molecule has 2 aromatic heterocycles. The normalized spacial score (nSPS) is 11.9. The Balaban J connectivity index is 0.00000408. The first-order chi connectivity index (χ1) is 15.6. The van der Waals surface area contributed by atoms with Crippen molar-refractivity contribution in [3.8, 4) is 5.75 Å². The molecule has 0 saturated carbocycles. The van der Waals surface area contributed by atoms with Gasteiger partial charge in [0.2, 0.25) is 0 Å².